The molecule has 100 valence electrons. The summed E-state index contributed by atoms with van der Waals surface area (Å²) in [6.45, 7) is 4.18. The molecular formula is C13H20FN3O. The van der Waals surface area contributed by atoms with Crippen molar-refractivity contribution in [3.05, 3.63) is 35.1 Å². The Labute approximate surface area is 107 Å². The summed E-state index contributed by atoms with van der Waals surface area (Å²) in [7, 11) is 2.05. The third-order valence-corrected chi connectivity index (χ3v) is 3.39. The van der Waals surface area contributed by atoms with Crippen molar-refractivity contribution in [1.29, 1.82) is 0 Å². The number of hydrazine groups is 1. The highest BCUT2D eigenvalue weighted by atomic mass is 19.1. The van der Waals surface area contributed by atoms with Gasteiger partial charge < -0.3 is 9.64 Å². The molecule has 0 aliphatic carbocycles. The predicted molar refractivity (Wildman–Crippen MR) is 68.4 cm³/mol. The zero-order chi connectivity index (χ0) is 13.1. The van der Waals surface area contributed by atoms with Crippen LogP contribution in [0.2, 0.25) is 0 Å². The molecule has 2 unspecified atom stereocenters. The van der Waals surface area contributed by atoms with E-state index in [9.17, 15) is 4.39 Å². The van der Waals surface area contributed by atoms with Gasteiger partial charge in [0.2, 0.25) is 0 Å². The standard InChI is InChI=1S/C13H20FN3O/c1-9-7-10(3-4-11(9)14)13(16-15)12-8-17(2)5-6-18-12/h3-4,7,12-13,16H,5-6,8,15H2,1-2H3. The van der Waals surface area contributed by atoms with Crippen LogP contribution in [0.1, 0.15) is 17.2 Å². The van der Waals surface area contributed by atoms with Crippen LogP contribution in [0.15, 0.2) is 18.2 Å². The number of halogens is 1. The first kappa shape index (κ1) is 13.4. The van der Waals surface area contributed by atoms with Gasteiger partial charge in [-0.3, -0.25) is 11.3 Å². The van der Waals surface area contributed by atoms with E-state index in [4.69, 9.17) is 10.6 Å². The van der Waals surface area contributed by atoms with Crippen LogP contribution in [-0.2, 0) is 4.74 Å². The summed E-state index contributed by atoms with van der Waals surface area (Å²) in [5.74, 6) is 5.43. The molecule has 4 nitrogen and oxygen atoms in total. The lowest BCUT2D eigenvalue weighted by Crippen LogP contribution is -2.48. The van der Waals surface area contributed by atoms with Crippen LogP contribution in [0.4, 0.5) is 4.39 Å². The Morgan fingerprint density at radius 2 is 2.33 bits per heavy atom. The second-order valence-corrected chi connectivity index (χ2v) is 4.82. The van der Waals surface area contributed by atoms with Crippen LogP contribution in [0.3, 0.4) is 0 Å². The average molecular weight is 253 g/mol. The van der Waals surface area contributed by atoms with Crippen LogP contribution in [0, 0.1) is 12.7 Å². The van der Waals surface area contributed by atoms with Gasteiger partial charge in [0.1, 0.15) is 5.82 Å². The third-order valence-electron chi connectivity index (χ3n) is 3.39. The molecular weight excluding hydrogens is 233 g/mol. The second-order valence-electron chi connectivity index (χ2n) is 4.82. The number of likely N-dealkylation sites (N-methyl/N-ethyl adjacent to an activating group) is 1. The average Bonchev–Trinajstić information content (AvgIpc) is 2.35. The number of aryl methyl sites for hydroxylation is 1. The largest absolute Gasteiger partial charge is 0.374 e. The lowest BCUT2D eigenvalue weighted by Gasteiger charge is -2.35. The molecule has 18 heavy (non-hydrogen) atoms. The summed E-state index contributed by atoms with van der Waals surface area (Å²) >= 11 is 0. The van der Waals surface area contributed by atoms with Crippen molar-refractivity contribution in [2.24, 2.45) is 5.84 Å². The number of hydrogen-bond donors (Lipinski definition) is 2. The molecule has 1 aliphatic heterocycles. The van der Waals surface area contributed by atoms with E-state index >= 15 is 0 Å². The Morgan fingerprint density at radius 3 is 2.94 bits per heavy atom. The van der Waals surface area contributed by atoms with Gasteiger partial charge in [0.05, 0.1) is 18.8 Å². The molecule has 0 radical (unpaired) electrons. The van der Waals surface area contributed by atoms with Gasteiger partial charge in [-0.1, -0.05) is 12.1 Å². The lowest BCUT2D eigenvalue weighted by molar-refractivity contribution is -0.0393. The van der Waals surface area contributed by atoms with E-state index in [1.807, 2.05) is 6.07 Å². The van der Waals surface area contributed by atoms with Gasteiger partial charge in [-0.2, -0.15) is 0 Å². The molecule has 5 heteroatoms. The lowest BCUT2D eigenvalue weighted by atomic mass is 9.99. The maximum atomic E-state index is 13.3. The normalized spacial score (nSPS) is 23.0. The zero-order valence-electron chi connectivity index (χ0n) is 10.8. The molecule has 1 fully saturated rings. The number of hydrogen-bond acceptors (Lipinski definition) is 4. The Morgan fingerprint density at radius 1 is 1.56 bits per heavy atom. The summed E-state index contributed by atoms with van der Waals surface area (Å²) in [6.07, 6.45) is -0.0152. The molecule has 0 aromatic heterocycles. The number of nitrogens with zero attached hydrogens (tertiary/aromatic N) is 1. The third kappa shape index (κ3) is 2.87. The number of nitrogens with two attached hydrogens (primary N) is 1. The first-order chi connectivity index (χ1) is 8.61. The molecule has 1 aliphatic rings. The molecule has 2 atom stereocenters. The van der Waals surface area contributed by atoms with Crippen LogP contribution < -0.4 is 11.3 Å². The SMILES string of the molecule is Cc1cc(C(NN)C2CN(C)CCO2)ccc1F. The summed E-state index contributed by atoms with van der Waals surface area (Å²) in [6, 6.07) is 4.93. The molecule has 1 aromatic carbocycles. The second kappa shape index (κ2) is 5.75. The van der Waals surface area contributed by atoms with Gasteiger partial charge in [0, 0.05) is 13.1 Å². The molecule has 0 amide bonds. The van der Waals surface area contributed by atoms with Crippen molar-refractivity contribution in [2.75, 3.05) is 26.7 Å². The first-order valence-electron chi connectivity index (χ1n) is 6.14. The van der Waals surface area contributed by atoms with Gasteiger partial charge in [0.25, 0.3) is 0 Å². The van der Waals surface area contributed by atoms with E-state index < -0.39 is 0 Å². The van der Waals surface area contributed by atoms with Crippen molar-refractivity contribution in [3.8, 4) is 0 Å². The van der Waals surface area contributed by atoms with E-state index in [0.717, 1.165) is 18.7 Å². The van der Waals surface area contributed by atoms with Gasteiger partial charge in [0.15, 0.2) is 0 Å². The fourth-order valence-corrected chi connectivity index (χ4v) is 2.29. The van der Waals surface area contributed by atoms with Crippen molar-refractivity contribution in [3.63, 3.8) is 0 Å². The Bertz CT molecular complexity index is 413. The topological polar surface area (TPSA) is 50.5 Å². The van der Waals surface area contributed by atoms with Gasteiger partial charge in [-0.05, 0) is 31.2 Å². The van der Waals surface area contributed by atoms with Crippen molar-refractivity contribution < 1.29 is 9.13 Å². The fraction of sp³-hybridized carbons (Fsp3) is 0.538. The number of ether oxygens (including phenoxy) is 1. The number of benzene rings is 1. The summed E-state index contributed by atoms with van der Waals surface area (Å²) in [5.41, 5.74) is 4.36. The highest BCUT2D eigenvalue weighted by Gasteiger charge is 2.27. The van der Waals surface area contributed by atoms with Crippen molar-refractivity contribution >= 4 is 0 Å². The monoisotopic (exact) mass is 253 g/mol. The zero-order valence-corrected chi connectivity index (χ0v) is 10.8. The fourth-order valence-electron chi connectivity index (χ4n) is 2.29. The van der Waals surface area contributed by atoms with Crippen LogP contribution in [0.5, 0.6) is 0 Å². The minimum absolute atomic E-state index is 0.0152. The molecule has 0 bridgehead atoms. The van der Waals surface area contributed by atoms with E-state index in [1.54, 1.807) is 13.0 Å². The highest BCUT2D eigenvalue weighted by molar-refractivity contribution is 5.27. The van der Waals surface area contributed by atoms with Crippen LogP contribution in [0.25, 0.3) is 0 Å². The van der Waals surface area contributed by atoms with E-state index in [2.05, 4.69) is 17.4 Å². The molecule has 1 heterocycles. The molecule has 0 spiro atoms. The summed E-state index contributed by atoms with van der Waals surface area (Å²) in [5, 5.41) is 0. The summed E-state index contributed by atoms with van der Waals surface area (Å²) in [4.78, 5) is 2.20. The maximum Gasteiger partial charge on any atom is 0.126 e. The van der Waals surface area contributed by atoms with E-state index in [1.165, 1.54) is 6.07 Å². The predicted octanol–water partition coefficient (Wildman–Crippen LogP) is 0.969. The molecule has 1 saturated heterocycles. The van der Waals surface area contributed by atoms with Crippen molar-refractivity contribution in [1.82, 2.24) is 10.3 Å². The Balaban J connectivity index is 2.18. The minimum Gasteiger partial charge on any atom is -0.374 e. The number of morpholine rings is 1. The van der Waals surface area contributed by atoms with Crippen molar-refractivity contribution in [2.45, 2.75) is 19.1 Å². The maximum absolute atomic E-state index is 13.3. The number of nitrogens with one attached hydrogen (secondary N) is 1. The van der Waals surface area contributed by atoms with Gasteiger partial charge >= 0.3 is 0 Å². The molecule has 2 rings (SSSR count). The van der Waals surface area contributed by atoms with E-state index in [-0.39, 0.29) is 18.0 Å². The minimum atomic E-state index is -0.198. The Kier molecular flexibility index (Phi) is 4.29. The van der Waals surface area contributed by atoms with Crippen LogP contribution in [-0.4, -0.2) is 37.7 Å². The molecule has 3 N–H and O–H groups in total. The summed E-state index contributed by atoms with van der Waals surface area (Å²) < 4.78 is 19.0. The van der Waals surface area contributed by atoms with Crippen LogP contribution >= 0.6 is 0 Å². The Hall–Kier alpha value is -1.01. The first-order valence-corrected chi connectivity index (χ1v) is 6.14. The van der Waals surface area contributed by atoms with E-state index in [0.29, 0.717) is 12.2 Å². The highest BCUT2D eigenvalue weighted by Crippen LogP contribution is 2.23. The molecule has 1 aromatic rings. The smallest absolute Gasteiger partial charge is 0.126 e. The van der Waals surface area contributed by atoms with Gasteiger partial charge in [-0.25, -0.2) is 4.39 Å². The quantitative estimate of drug-likeness (QED) is 0.622. The van der Waals surface area contributed by atoms with Gasteiger partial charge in [-0.15, -0.1) is 0 Å². The number of rotatable bonds is 3. The molecule has 0 saturated carbocycles.